The Morgan fingerprint density at radius 2 is 1.85 bits per heavy atom. The molecule has 6 heteroatoms. The molecule has 0 radical (unpaired) electrons. The first-order valence-corrected chi connectivity index (χ1v) is 10.1. The quantitative estimate of drug-likeness (QED) is 0.778. The Hall–Kier alpha value is -1.92. The van der Waals surface area contributed by atoms with Gasteiger partial charge in [0.1, 0.15) is 6.04 Å². The number of rotatable bonds is 6. The first-order valence-electron chi connectivity index (χ1n) is 10.1. The average Bonchev–Trinajstić information content (AvgIpc) is 3.17. The minimum atomic E-state index is -0.456. The van der Waals surface area contributed by atoms with Crippen molar-refractivity contribution in [2.45, 2.75) is 38.8 Å². The standard InChI is InChI=1S/C21H32N4O2/c1-16(2)20(23-19(26)14-17-6-4-3-5-7-17)21(27)25-11-8-18(15-25)24-12-9-22-10-13-24/h3-7,16,18,20,22H,8-15H2,1-2H3,(H,23,26). The molecule has 0 aromatic heterocycles. The highest BCUT2D eigenvalue weighted by Gasteiger charge is 2.35. The van der Waals surface area contributed by atoms with E-state index in [9.17, 15) is 9.59 Å². The lowest BCUT2D eigenvalue weighted by Crippen LogP contribution is -2.53. The molecule has 0 saturated carbocycles. The monoisotopic (exact) mass is 372 g/mol. The van der Waals surface area contributed by atoms with Gasteiger partial charge in [-0.2, -0.15) is 0 Å². The Bertz CT molecular complexity index is 628. The van der Waals surface area contributed by atoms with Crippen LogP contribution in [0.3, 0.4) is 0 Å². The minimum absolute atomic E-state index is 0.0593. The molecule has 27 heavy (non-hydrogen) atoms. The Kier molecular flexibility index (Phi) is 6.85. The fourth-order valence-corrected chi connectivity index (χ4v) is 4.00. The van der Waals surface area contributed by atoms with Crippen molar-refractivity contribution in [3.05, 3.63) is 35.9 Å². The molecule has 148 valence electrons. The van der Waals surface area contributed by atoms with Crippen LogP contribution in [0.4, 0.5) is 0 Å². The largest absolute Gasteiger partial charge is 0.344 e. The summed E-state index contributed by atoms with van der Waals surface area (Å²) in [5.74, 6) is 0.0330. The molecule has 1 aromatic rings. The van der Waals surface area contributed by atoms with E-state index in [1.54, 1.807) is 0 Å². The van der Waals surface area contributed by atoms with Crippen molar-refractivity contribution >= 4 is 11.8 Å². The normalized spacial score (nSPS) is 22.0. The second-order valence-corrected chi connectivity index (χ2v) is 7.96. The lowest BCUT2D eigenvalue weighted by Gasteiger charge is -2.33. The summed E-state index contributed by atoms with van der Waals surface area (Å²) in [5, 5.41) is 6.36. The molecule has 2 fully saturated rings. The lowest BCUT2D eigenvalue weighted by molar-refractivity contribution is -0.136. The Labute approximate surface area is 162 Å². The van der Waals surface area contributed by atoms with Crippen LogP contribution in [0.1, 0.15) is 25.8 Å². The Balaban J connectivity index is 1.56. The van der Waals surface area contributed by atoms with Gasteiger partial charge >= 0.3 is 0 Å². The van der Waals surface area contributed by atoms with E-state index in [0.29, 0.717) is 12.5 Å². The molecule has 2 aliphatic rings. The van der Waals surface area contributed by atoms with Gasteiger partial charge in [0.15, 0.2) is 0 Å². The zero-order chi connectivity index (χ0) is 19.2. The van der Waals surface area contributed by atoms with Crippen LogP contribution in [0.25, 0.3) is 0 Å². The number of carbonyl (C=O) groups is 2. The van der Waals surface area contributed by atoms with Crippen molar-refractivity contribution < 1.29 is 9.59 Å². The van der Waals surface area contributed by atoms with Gasteiger partial charge in [0.05, 0.1) is 6.42 Å². The summed E-state index contributed by atoms with van der Waals surface area (Å²) in [6, 6.07) is 9.65. The maximum atomic E-state index is 13.1. The van der Waals surface area contributed by atoms with Crippen LogP contribution in [0.15, 0.2) is 30.3 Å². The van der Waals surface area contributed by atoms with Gasteiger partial charge in [0.25, 0.3) is 0 Å². The first kappa shape index (κ1) is 19.8. The zero-order valence-electron chi connectivity index (χ0n) is 16.5. The summed E-state index contributed by atoms with van der Waals surface area (Å²) in [5.41, 5.74) is 0.963. The molecule has 2 unspecified atom stereocenters. The predicted octanol–water partition coefficient (Wildman–Crippen LogP) is 0.876. The van der Waals surface area contributed by atoms with Crippen molar-refractivity contribution in [1.82, 2.24) is 20.4 Å². The molecule has 2 aliphatic heterocycles. The summed E-state index contributed by atoms with van der Waals surface area (Å²) < 4.78 is 0. The molecule has 0 spiro atoms. The summed E-state index contributed by atoms with van der Waals surface area (Å²) in [7, 11) is 0. The van der Waals surface area contributed by atoms with Crippen molar-refractivity contribution in [2.24, 2.45) is 5.92 Å². The Morgan fingerprint density at radius 1 is 1.15 bits per heavy atom. The SMILES string of the molecule is CC(C)C(NC(=O)Cc1ccccc1)C(=O)N1CCC(N2CCNCC2)C1. The molecule has 3 rings (SSSR count). The number of likely N-dealkylation sites (tertiary alicyclic amines) is 1. The lowest BCUT2D eigenvalue weighted by atomic mass is 10.0. The van der Waals surface area contributed by atoms with E-state index >= 15 is 0 Å². The van der Waals surface area contributed by atoms with Gasteiger partial charge in [-0.05, 0) is 17.9 Å². The van der Waals surface area contributed by atoms with E-state index in [2.05, 4.69) is 15.5 Å². The zero-order valence-corrected chi connectivity index (χ0v) is 16.5. The van der Waals surface area contributed by atoms with Crippen LogP contribution in [-0.2, 0) is 16.0 Å². The molecule has 1 aromatic carbocycles. The van der Waals surface area contributed by atoms with Crippen LogP contribution >= 0.6 is 0 Å². The average molecular weight is 373 g/mol. The predicted molar refractivity (Wildman–Crippen MR) is 106 cm³/mol. The number of nitrogens with zero attached hydrogens (tertiary/aromatic N) is 2. The van der Waals surface area contributed by atoms with Crippen LogP contribution in [0.5, 0.6) is 0 Å². The third-order valence-electron chi connectivity index (χ3n) is 5.60. The van der Waals surface area contributed by atoms with Crippen LogP contribution in [-0.4, -0.2) is 73.0 Å². The number of carbonyl (C=O) groups excluding carboxylic acids is 2. The molecule has 0 bridgehead atoms. The molecule has 2 N–H and O–H groups in total. The van der Waals surface area contributed by atoms with Gasteiger partial charge in [0, 0.05) is 45.3 Å². The Morgan fingerprint density at radius 3 is 2.52 bits per heavy atom. The van der Waals surface area contributed by atoms with E-state index < -0.39 is 6.04 Å². The minimum Gasteiger partial charge on any atom is -0.344 e. The summed E-state index contributed by atoms with van der Waals surface area (Å²) in [4.78, 5) is 30.0. The van der Waals surface area contributed by atoms with E-state index in [4.69, 9.17) is 0 Å². The van der Waals surface area contributed by atoms with Crippen LogP contribution in [0, 0.1) is 5.92 Å². The number of piperazine rings is 1. The molecular formula is C21H32N4O2. The fourth-order valence-electron chi connectivity index (χ4n) is 4.00. The molecule has 2 saturated heterocycles. The molecule has 0 aliphatic carbocycles. The van der Waals surface area contributed by atoms with Crippen LogP contribution in [0.2, 0.25) is 0 Å². The highest BCUT2D eigenvalue weighted by atomic mass is 16.2. The van der Waals surface area contributed by atoms with E-state index in [1.807, 2.05) is 49.1 Å². The van der Waals surface area contributed by atoms with Crippen LogP contribution < -0.4 is 10.6 Å². The van der Waals surface area contributed by atoms with Gasteiger partial charge in [-0.25, -0.2) is 0 Å². The fraction of sp³-hybridized carbons (Fsp3) is 0.619. The highest BCUT2D eigenvalue weighted by molar-refractivity contribution is 5.88. The number of benzene rings is 1. The van der Waals surface area contributed by atoms with E-state index in [1.165, 1.54) is 0 Å². The second-order valence-electron chi connectivity index (χ2n) is 7.96. The summed E-state index contributed by atoms with van der Waals surface area (Å²) >= 11 is 0. The first-order chi connectivity index (χ1) is 13.0. The summed E-state index contributed by atoms with van der Waals surface area (Å²) in [6.45, 7) is 9.69. The maximum Gasteiger partial charge on any atom is 0.245 e. The number of nitrogens with one attached hydrogen (secondary N) is 2. The van der Waals surface area contributed by atoms with Crippen molar-refractivity contribution in [1.29, 1.82) is 0 Å². The van der Waals surface area contributed by atoms with Crippen molar-refractivity contribution in [3.8, 4) is 0 Å². The number of amides is 2. The number of hydrogen-bond acceptors (Lipinski definition) is 4. The second kappa shape index (κ2) is 9.33. The molecule has 6 nitrogen and oxygen atoms in total. The van der Waals surface area contributed by atoms with Gasteiger partial charge in [-0.15, -0.1) is 0 Å². The van der Waals surface area contributed by atoms with Gasteiger partial charge < -0.3 is 15.5 Å². The number of hydrogen-bond donors (Lipinski definition) is 2. The molecule has 2 heterocycles. The van der Waals surface area contributed by atoms with Gasteiger partial charge in [-0.3, -0.25) is 14.5 Å². The van der Waals surface area contributed by atoms with Crippen molar-refractivity contribution in [3.63, 3.8) is 0 Å². The van der Waals surface area contributed by atoms with Gasteiger partial charge in [0.2, 0.25) is 11.8 Å². The summed E-state index contributed by atoms with van der Waals surface area (Å²) in [6.07, 6.45) is 1.33. The van der Waals surface area contributed by atoms with Gasteiger partial charge in [-0.1, -0.05) is 44.2 Å². The third kappa shape index (κ3) is 5.30. The third-order valence-corrected chi connectivity index (χ3v) is 5.60. The molecule has 2 atom stereocenters. The van der Waals surface area contributed by atoms with Crippen molar-refractivity contribution in [2.75, 3.05) is 39.3 Å². The molecular weight excluding hydrogens is 340 g/mol. The highest BCUT2D eigenvalue weighted by Crippen LogP contribution is 2.19. The van der Waals surface area contributed by atoms with E-state index in [-0.39, 0.29) is 17.7 Å². The molecule has 2 amide bonds. The smallest absolute Gasteiger partial charge is 0.245 e. The maximum absolute atomic E-state index is 13.1. The topological polar surface area (TPSA) is 64.7 Å². The van der Waals surface area contributed by atoms with E-state index in [0.717, 1.165) is 51.3 Å².